The molecule has 1 heterocycles. The molecule has 36 heavy (non-hydrogen) atoms. The molecule has 0 aliphatic carbocycles. The first-order valence-corrected chi connectivity index (χ1v) is 14.3. The van der Waals surface area contributed by atoms with Gasteiger partial charge in [0.25, 0.3) is 0 Å². The third-order valence-corrected chi connectivity index (χ3v) is 7.17. The average Bonchev–Trinajstić information content (AvgIpc) is 2.90. The number of aromatic nitrogens is 2. The molecule has 1 aromatic heterocycles. The topological polar surface area (TPSA) is 52.1 Å². The van der Waals surface area contributed by atoms with Gasteiger partial charge in [-0.1, -0.05) is 87.2 Å². The van der Waals surface area contributed by atoms with Gasteiger partial charge in [-0.25, -0.2) is 14.8 Å². The van der Waals surface area contributed by atoms with E-state index in [1.807, 2.05) is 42.7 Å². The summed E-state index contributed by atoms with van der Waals surface area (Å²) in [5.74, 6) is 0.817. The summed E-state index contributed by atoms with van der Waals surface area (Å²) < 4.78 is 6.56. The van der Waals surface area contributed by atoms with Crippen LogP contribution in [0.15, 0.2) is 59.3 Å². The lowest BCUT2D eigenvalue weighted by atomic mass is 10.0. The molecule has 0 bridgehead atoms. The molecule has 0 aliphatic heterocycles. The number of aryl methyl sites for hydroxylation is 2. The van der Waals surface area contributed by atoms with E-state index >= 15 is 0 Å². The molecule has 0 aliphatic rings. The Balaban J connectivity index is 1.50. The lowest BCUT2D eigenvalue weighted by molar-refractivity contribution is 0.0734. The minimum absolute atomic E-state index is 0.363. The zero-order chi connectivity index (χ0) is 25.6. The number of halogens is 1. The summed E-state index contributed by atoms with van der Waals surface area (Å²) >= 11 is 3.63. The number of hydrogen-bond acceptors (Lipinski definition) is 4. The Hall–Kier alpha value is -2.53. The molecule has 0 unspecified atom stereocenters. The number of carbonyl (C=O) groups excluding carboxylic acids is 1. The highest BCUT2D eigenvalue weighted by Crippen LogP contribution is 2.24. The van der Waals surface area contributed by atoms with E-state index in [1.165, 1.54) is 75.3 Å². The molecule has 2 aromatic carbocycles. The standard InChI is InChI=1S/C31H39BrN2O2/c1-3-5-7-9-11-13-24-22-33-30(34-23-24)26-17-19-28(20-18-26)36-31(35)27-16-15-25(29(32)21-27)14-12-10-8-6-4-2/h15-23H,3-14H2,1-2H3. The highest BCUT2D eigenvalue weighted by Gasteiger charge is 2.12. The third kappa shape index (κ3) is 9.16. The summed E-state index contributed by atoms with van der Waals surface area (Å²) in [6, 6.07) is 13.1. The number of esters is 1. The quantitative estimate of drug-likeness (QED) is 0.107. The first-order valence-electron chi connectivity index (χ1n) is 13.5. The monoisotopic (exact) mass is 550 g/mol. The zero-order valence-electron chi connectivity index (χ0n) is 21.8. The van der Waals surface area contributed by atoms with Crippen molar-refractivity contribution in [3.05, 3.63) is 76.0 Å². The molecule has 5 heteroatoms. The van der Waals surface area contributed by atoms with Gasteiger partial charge >= 0.3 is 5.97 Å². The molecule has 0 N–H and O–H groups in total. The highest BCUT2D eigenvalue weighted by molar-refractivity contribution is 9.10. The Kier molecular flexibility index (Phi) is 12.1. The van der Waals surface area contributed by atoms with Crippen LogP contribution in [0.4, 0.5) is 0 Å². The van der Waals surface area contributed by atoms with Crippen LogP contribution in [0, 0.1) is 0 Å². The third-order valence-electron chi connectivity index (χ3n) is 6.44. The van der Waals surface area contributed by atoms with Crippen molar-refractivity contribution in [2.75, 3.05) is 0 Å². The smallest absolute Gasteiger partial charge is 0.343 e. The van der Waals surface area contributed by atoms with E-state index in [2.05, 4.69) is 39.7 Å². The van der Waals surface area contributed by atoms with Crippen molar-refractivity contribution in [3.63, 3.8) is 0 Å². The Morgan fingerprint density at radius 3 is 2.00 bits per heavy atom. The molecule has 0 radical (unpaired) electrons. The van der Waals surface area contributed by atoms with Gasteiger partial charge in [0.2, 0.25) is 0 Å². The first-order chi connectivity index (χ1) is 17.6. The Labute approximate surface area is 225 Å². The van der Waals surface area contributed by atoms with Gasteiger partial charge < -0.3 is 4.74 Å². The number of nitrogens with zero attached hydrogens (tertiary/aromatic N) is 2. The number of unbranched alkanes of at least 4 members (excludes halogenated alkanes) is 8. The van der Waals surface area contributed by atoms with Crippen LogP contribution >= 0.6 is 15.9 Å². The van der Waals surface area contributed by atoms with Crippen LogP contribution in [0.2, 0.25) is 0 Å². The lowest BCUT2D eigenvalue weighted by Crippen LogP contribution is -2.08. The molecule has 0 saturated carbocycles. The number of carbonyl (C=O) groups is 1. The van der Waals surface area contributed by atoms with Crippen LogP contribution in [0.1, 0.15) is 99.5 Å². The molecule has 3 rings (SSSR count). The van der Waals surface area contributed by atoms with E-state index < -0.39 is 0 Å². The number of hydrogen-bond donors (Lipinski definition) is 0. The van der Waals surface area contributed by atoms with E-state index in [0.29, 0.717) is 17.1 Å². The predicted octanol–water partition coefficient (Wildman–Crippen LogP) is 9.15. The number of rotatable bonds is 15. The fourth-order valence-electron chi connectivity index (χ4n) is 4.20. The van der Waals surface area contributed by atoms with Gasteiger partial charge in [-0.2, -0.15) is 0 Å². The molecule has 192 valence electrons. The fraction of sp³-hybridized carbons (Fsp3) is 0.452. The molecule has 0 amide bonds. The number of ether oxygens (including phenoxy) is 1. The second-order valence-corrected chi connectivity index (χ2v) is 10.3. The van der Waals surface area contributed by atoms with E-state index in [4.69, 9.17) is 4.74 Å². The largest absolute Gasteiger partial charge is 0.423 e. The summed E-state index contributed by atoms with van der Waals surface area (Å²) in [6.07, 6.45) is 18.4. The lowest BCUT2D eigenvalue weighted by Gasteiger charge is -2.09. The van der Waals surface area contributed by atoms with Crippen molar-refractivity contribution in [2.24, 2.45) is 0 Å². The van der Waals surface area contributed by atoms with Crippen molar-refractivity contribution < 1.29 is 9.53 Å². The second kappa shape index (κ2) is 15.6. The van der Waals surface area contributed by atoms with Crippen molar-refractivity contribution >= 4 is 21.9 Å². The molecular weight excluding hydrogens is 512 g/mol. The summed E-state index contributed by atoms with van der Waals surface area (Å²) in [4.78, 5) is 21.7. The maximum atomic E-state index is 12.7. The van der Waals surface area contributed by atoms with Crippen LogP contribution in [0.25, 0.3) is 11.4 Å². The van der Waals surface area contributed by atoms with Crippen LogP contribution in [0.5, 0.6) is 5.75 Å². The minimum Gasteiger partial charge on any atom is -0.423 e. The van der Waals surface area contributed by atoms with Gasteiger partial charge in [0, 0.05) is 22.4 Å². The number of benzene rings is 2. The Morgan fingerprint density at radius 1 is 0.778 bits per heavy atom. The van der Waals surface area contributed by atoms with Gasteiger partial charge in [0.1, 0.15) is 5.75 Å². The van der Waals surface area contributed by atoms with E-state index in [0.717, 1.165) is 22.9 Å². The summed E-state index contributed by atoms with van der Waals surface area (Å²) in [5, 5.41) is 0. The highest BCUT2D eigenvalue weighted by atomic mass is 79.9. The molecule has 0 atom stereocenters. The Morgan fingerprint density at radius 2 is 1.39 bits per heavy atom. The van der Waals surface area contributed by atoms with Crippen molar-refractivity contribution in [1.82, 2.24) is 9.97 Å². The minimum atomic E-state index is -0.363. The summed E-state index contributed by atoms with van der Waals surface area (Å²) in [6.45, 7) is 4.46. The van der Waals surface area contributed by atoms with Gasteiger partial charge in [-0.3, -0.25) is 0 Å². The van der Waals surface area contributed by atoms with Crippen molar-refractivity contribution in [1.29, 1.82) is 0 Å². The predicted molar refractivity (Wildman–Crippen MR) is 151 cm³/mol. The Bertz CT molecular complexity index is 1060. The van der Waals surface area contributed by atoms with Gasteiger partial charge in [-0.05, 0) is 73.2 Å². The van der Waals surface area contributed by atoms with Gasteiger partial charge in [-0.15, -0.1) is 0 Å². The van der Waals surface area contributed by atoms with Crippen molar-refractivity contribution in [3.8, 4) is 17.1 Å². The second-order valence-electron chi connectivity index (χ2n) is 9.46. The summed E-state index contributed by atoms with van der Waals surface area (Å²) in [7, 11) is 0. The van der Waals surface area contributed by atoms with Gasteiger partial charge in [0.15, 0.2) is 5.82 Å². The normalized spacial score (nSPS) is 11.0. The van der Waals surface area contributed by atoms with Crippen LogP contribution in [-0.4, -0.2) is 15.9 Å². The maximum Gasteiger partial charge on any atom is 0.343 e. The first kappa shape index (κ1) is 28.0. The van der Waals surface area contributed by atoms with E-state index in [1.54, 1.807) is 12.1 Å². The molecule has 4 nitrogen and oxygen atoms in total. The molecule has 0 fully saturated rings. The molecule has 3 aromatic rings. The fourth-order valence-corrected chi connectivity index (χ4v) is 4.78. The zero-order valence-corrected chi connectivity index (χ0v) is 23.4. The van der Waals surface area contributed by atoms with Crippen LogP contribution < -0.4 is 4.74 Å². The molecular formula is C31H39BrN2O2. The molecule has 0 saturated heterocycles. The van der Waals surface area contributed by atoms with Crippen LogP contribution in [-0.2, 0) is 12.8 Å². The van der Waals surface area contributed by atoms with E-state index in [-0.39, 0.29) is 5.97 Å². The van der Waals surface area contributed by atoms with Crippen molar-refractivity contribution in [2.45, 2.75) is 90.9 Å². The van der Waals surface area contributed by atoms with Crippen LogP contribution in [0.3, 0.4) is 0 Å². The molecule has 0 spiro atoms. The SMILES string of the molecule is CCCCCCCc1cnc(-c2ccc(OC(=O)c3ccc(CCCCCCC)c(Br)c3)cc2)nc1. The van der Waals surface area contributed by atoms with Gasteiger partial charge in [0.05, 0.1) is 5.56 Å². The maximum absolute atomic E-state index is 12.7. The average molecular weight is 552 g/mol. The van der Waals surface area contributed by atoms with E-state index in [9.17, 15) is 4.79 Å². The summed E-state index contributed by atoms with van der Waals surface area (Å²) in [5.41, 5.74) is 3.84.